The zero-order valence-corrected chi connectivity index (χ0v) is 17.8. The standard InChI is InChI=1S/C25H33N3O/c1-3-27-12-14-28(15-13-27)23-10-11-24(19(2)16-23)26-25(29)18-20-8-9-21-6-4-5-7-22(21)17-20/h8-11,16-17H,3-7,12-15,18H2,1-2H3,(H,26,29). The minimum absolute atomic E-state index is 0.0631. The number of amides is 1. The molecule has 0 spiro atoms. The molecule has 0 atom stereocenters. The van der Waals surface area contributed by atoms with Crippen LogP contribution in [0, 0.1) is 6.92 Å². The predicted octanol–water partition coefficient (Wildman–Crippen LogP) is 4.20. The molecule has 154 valence electrons. The molecule has 1 amide bonds. The van der Waals surface area contributed by atoms with E-state index in [-0.39, 0.29) is 5.91 Å². The lowest BCUT2D eigenvalue weighted by molar-refractivity contribution is -0.115. The van der Waals surface area contributed by atoms with Crippen LogP contribution >= 0.6 is 0 Å². The molecule has 1 aliphatic carbocycles. The van der Waals surface area contributed by atoms with E-state index in [0.717, 1.165) is 56.0 Å². The van der Waals surface area contributed by atoms with Crippen molar-refractivity contribution in [2.24, 2.45) is 0 Å². The molecule has 0 aromatic heterocycles. The Hall–Kier alpha value is -2.33. The quantitative estimate of drug-likeness (QED) is 0.830. The van der Waals surface area contributed by atoms with Gasteiger partial charge in [0.1, 0.15) is 0 Å². The molecule has 1 saturated heterocycles. The number of nitrogens with one attached hydrogen (secondary N) is 1. The topological polar surface area (TPSA) is 35.6 Å². The van der Waals surface area contributed by atoms with Gasteiger partial charge in [0.05, 0.1) is 6.42 Å². The van der Waals surface area contributed by atoms with Crippen molar-refractivity contribution in [2.45, 2.75) is 46.0 Å². The van der Waals surface area contributed by atoms with Gasteiger partial charge < -0.3 is 15.1 Å². The Morgan fingerprint density at radius 1 is 0.966 bits per heavy atom. The van der Waals surface area contributed by atoms with Crippen molar-refractivity contribution in [3.05, 3.63) is 58.7 Å². The molecule has 0 unspecified atom stereocenters. The fourth-order valence-corrected chi connectivity index (χ4v) is 4.58. The molecular weight excluding hydrogens is 358 g/mol. The number of anilines is 2. The number of piperazine rings is 1. The Kier molecular flexibility index (Phi) is 6.19. The van der Waals surface area contributed by atoms with E-state index in [1.807, 2.05) is 0 Å². The van der Waals surface area contributed by atoms with Crippen molar-refractivity contribution < 1.29 is 4.79 Å². The van der Waals surface area contributed by atoms with Gasteiger partial charge in [-0.3, -0.25) is 4.79 Å². The van der Waals surface area contributed by atoms with E-state index in [0.29, 0.717) is 6.42 Å². The Bertz CT molecular complexity index is 868. The summed E-state index contributed by atoms with van der Waals surface area (Å²) in [4.78, 5) is 17.6. The molecule has 0 radical (unpaired) electrons. The highest BCUT2D eigenvalue weighted by Crippen LogP contribution is 2.25. The first-order valence-corrected chi connectivity index (χ1v) is 11.1. The van der Waals surface area contributed by atoms with Gasteiger partial charge in [-0.05, 0) is 79.6 Å². The van der Waals surface area contributed by atoms with Gasteiger partial charge in [-0.1, -0.05) is 25.1 Å². The first-order chi connectivity index (χ1) is 14.1. The summed E-state index contributed by atoms with van der Waals surface area (Å²) < 4.78 is 0. The van der Waals surface area contributed by atoms with E-state index in [2.05, 4.69) is 65.4 Å². The predicted molar refractivity (Wildman–Crippen MR) is 121 cm³/mol. The van der Waals surface area contributed by atoms with Crippen molar-refractivity contribution in [3.8, 4) is 0 Å². The van der Waals surface area contributed by atoms with Crippen LogP contribution in [0.3, 0.4) is 0 Å². The van der Waals surface area contributed by atoms with Gasteiger partial charge >= 0.3 is 0 Å². The lowest BCUT2D eigenvalue weighted by atomic mass is 9.90. The molecule has 1 N–H and O–H groups in total. The van der Waals surface area contributed by atoms with E-state index in [4.69, 9.17) is 0 Å². The molecule has 0 saturated carbocycles. The third-order valence-corrected chi connectivity index (χ3v) is 6.45. The Balaban J connectivity index is 1.37. The molecule has 2 aliphatic rings. The molecule has 4 heteroatoms. The highest BCUT2D eigenvalue weighted by molar-refractivity contribution is 5.93. The Labute approximate surface area is 174 Å². The highest BCUT2D eigenvalue weighted by atomic mass is 16.1. The highest BCUT2D eigenvalue weighted by Gasteiger charge is 2.17. The fourth-order valence-electron chi connectivity index (χ4n) is 4.58. The summed E-state index contributed by atoms with van der Waals surface area (Å²) >= 11 is 0. The van der Waals surface area contributed by atoms with Crippen LogP contribution in [0.5, 0.6) is 0 Å². The lowest BCUT2D eigenvalue weighted by Crippen LogP contribution is -2.46. The minimum atomic E-state index is 0.0631. The van der Waals surface area contributed by atoms with Crippen LogP contribution < -0.4 is 10.2 Å². The number of fused-ring (bicyclic) bond motifs is 1. The maximum atomic E-state index is 12.6. The molecular formula is C25H33N3O. The normalized spacial score (nSPS) is 17.1. The second kappa shape index (κ2) is 9.00. The molecule has 4 rings (SSSR count). The average Bonchev–Trinajstić information content (AvgIpc) is 2.75. The van der Waals surface area contributed by atoms with Gasteiger partial charge in [0.25, 0.3) is 0 Å². The number of aryl methyl sites for hydroxylation is 3. The second-order valence-electron chi connectivity index (χ2n) is 8.46. The number of benzene rings is 2. The summed E-state index contributed by atoms with van der Waals surface area (Å²) in [6.07, 6.45) is 5.32. The maximum absolute atomic E-state index is 12.6. The van der Waals surface area contributed by atoms with Crippen molar-refractivity contribution >= 4 is 17.3 Å². The van der Waals surface area contributed by atoms with E-state index >= 15 is 0 Å². The minimum Gasteiger partial charge on any atom is -0.369 e. The monoisotopic (exact) mass is 391 g/mol. The van der Waals surface area contributed by atoms with E-state index in [1.165, 1.54) is 36.1 Å². The lowest BCUT2D eigenvalue weighted by Gasteiger charge is -2.35. The zero-order valence-electron chi connectivity index (χ0n) is 17.8. The van der Waals surface area contributed by atoms with Crippen molar-refractivity contribution in [3.63, 3.8) is 0 Å². The van der Waals surface area contributed by atoms with Crippen LogP contribution in [0.4, 0.5) is 11.4 Å². The second-order valence-corrected chi connectivity index (χ2v) is 8.46. The molecule has 0 bridgehead atoms. The van der Waals surface area contributed by atoms with E-state index in [9.17, 15) is 4.79 Å². The molecule has 1 heterocycles. The van der Waals surface area contributed by atoms with Crippen molar-refractivity contribution in [2.75, 3.05) is 42.9 Å². The van der Waals surface area contributed by atoms with E-state index < -0.39 is 0 Å². The molecule has 2 aromatic carbocycles. The van der Waals surface area contributed by atoms with Crippen LogP contribution in [0.1, 0.15) is 42.0 Å². The van der Waals surface area contributed by atoms with Crippen LogP contribution in [0.2, 0.25) is 0 Å². The zero-order chi connectivity index (χ0) is 20.2. The SMILES string of the molecule is CCN1CCN(c2ccc(NC(=O)Cc3ccc4c(c3)CCCC4)c(C)c2)CC1. The molecule has 29 heavy (non-hydrogen) atoms. The molecule has 1 aliphatic heterocycles. The van der Waals surface area contributed by atoms with Crippen LogP contribution in [0.25, 0.3) is 0 Å². The summed E-state index contributed by atoms with van der Waals surface area (Å²) in [7, 11) is 0. The van der Waals surface area contributed by atoms with Crippen LogP contribution in [-0.2, 0) is 24.1 Å². The first-order valence-electron chi connectivity index (χ1n) is 11.1. The molecule has 2 aromatic rings. The summed E-state index contributed by atoms with van der Waals surface area (Å²) in [5, 5.41) is 3.12. The Morgan fingerprint density at radius 3 is 2.45 bits per heavy atom. The average molecular weight is 392 g/mol. The van der Waals surface area contributed by atoms with Gasteiger partial charge in [0.15, 0.2) is 0 Å². The van der Waals surface area contributed by atoms with Crippen molar-refractivity contribution in [1.82, 2.24) is 4.90 Å². The molecule has 1 fully saturated rings. The van der Waals surface area contributed by atoms with Gasteiger partial charge in [-0.15, -0.1) is 0 Å². The number of nitrogens with zero attached hydrogens (tertiary/aromatic N) is 2. The summed E-state index contributed by atoms with van der Waals surface area (Å²) in [6.45, 7) is 9.81. The summed E-state index contributed by atoms with van der Waals surface area (Å²) in [5.74, 6) is 0.0631. The summed E-state index contributed by atoms with van der Waals surface area (Å²) in [5.41, 5.74) is 7.32. The van der Waals surface area contributed by atoms with Crippen LogP contribution in [-0.4, -0.2) is 43.5 Å². The largest absolute Gasteiger partial charge is 0.369 e. The van der Waals surface area contributed by atoms with Gasteiger partial charge in [0.2, 0.25) is 5.91 Å². The fraction of sp³-hybridized carbons (Fsp3) is 0.480. The number of hydrogen-bond acceptors (Lipinski definition) is 3. The number of likely N-dealkylation sites (N-methyl/N-ethyl adjacent to an activating group) is 1. The van der Waals surface area contributed by atoms with Crippen LogP contribution in [0.15, 0.2) is 36.4 Å². The number of carbonyl (C=O) groups excluding carboxylic acids is 1. The number of rotatable bonds is 5. The van der Waals surface area contributed by atoms with E-state index in [1.54, 1.807) is 0 Å². The smallest absolute Gasteiger partial charge is 0.228 e. The third kappa shape index (κ3) is 4.81. The number of carbonyl (C=O) groups is 1. The number of hydrogen-bond donors (Lipinski definition) is 1. The molecule has 4 nitrogen and oxygen atoms in total. The third-order valence-electron chi connectivity index (χ3n) is 6.45. The maximum Gasteiger partial charge on any atom is 0.228 e. The van der Waals surface area contributed by atoms with Crippen molar-refractivity contribution in [1.29, 1.82) is 0 Å². The Morgan fingerprint density at radius 2 is 1.72 bits per heavy atom. The van der Waals surface area contributed by atoms with Gasteiger partial charge in [-0.25, -0.2) is 0 Å². The van der Waals surface area contributed by atoms with Gasteiger partial charge in [0, 0.05) is 37.6 Å². The first kappa shape index (κ1) is 20.0. The van der Waals surface area contributed by atoms with Gasteiger partial charge in [-0.2, -0.15) is 0 Å². The summed E-state index contributed by atoms with van der Waals surface area (Å²) in [6, 6.07) is 13.0.